The summed E-state index contributed by atoms with van der Waals surface area (Å²) in [5, 5.41) is 0. The Labute approximate surface area is 153 Å². The fourth-order valence-corrected chi connectivity index (χ4v) is 7.93. The van der Waals surface area contributed by atoms with Crippen LogP contribution >= 0.6 is 0 Å². The smallest absolute Gasteiger partial charge is 0.158 e. The van der Waals surface area contributed by atoms with Crippen molar-refractivity contribution in [2.24, 2.45) is 0 Å². The van der Waals surface area contributed by atoms with Crippen molar-refractivity contribution in [1.29, 1.82) is 0 Å². The van der Waals surface area contributed by atoms with Crippen molar-refractivity contribution in [2.75, 3.05) is 4.98 Å². The zero-order chi connectivity index (χ0) is 18.2. The predicted molar refractivity (Wildman–Crippen MR) is 113 cm³/mol. The summed E-state index contributed by atoms with van der Waals surface area (Å²) in [4.78, 5) is 3.94. The molecule has 0 radical (unpaired) electrons. The van der Waals surface area contributed by atoms with E-state index in [0.717, 1.165) is 0 Å². The minimum Gasteiger partial charge on any atom is -0.410 e. The Morgan fingerprint density at radius 1 is 0.720 bits per heavy atom. The minimum atomic E-state index is -1.71. The second-order valence-corrected chi connectivity index (χ2v) is 12.1. The average molecular weight is 348 g/mol. The van der Waals surface area contributed by atoms with Gasteiger partial charge in [-0.3, -0.25) is 0 Å². The summed E-state index contributed by atoms with van der Waals surface area (Å²) in [6, 6.07) is 19.4. The molecule has 0 aliphatic heterocycles. The molecule has 0 saturated heterocycles. The Morgan fingerprint density at radius 2 is 1.28 bits per heavy atom. The third-order valence-corrected chi connectivity index (χ3v) is 9.01. The number of hydrogen-bond donors (Lipinski definition) is 1. The lowest BCUT2D eigenvalue weighted by Gasteiger charge is -2.34. The molecule has 1 aliphatic rings. The third-order valence-electron chi connectivity index (χ3n) is 5.77. The maximum absolute atomic E-state index is 3.94. The van der Waals surface area contributed by atoms with Crippen LogP contribution in [0, 0.1) is 0 Å². The van der Waals surface area contributed by atoms with E-state index in [1.165, 1.54) is 28.0 Å². The molecule has 2 aromatic rings. The first kappa shape index (κ1) is 17.8. The third kappa shape index (κ3) is 3.36. The molecule has 0 amide bonds. The van der Waals surface area contributed by atoms with Crippen LogP contribution in [0.1, 0.15) is 27.7 Å². The summed E-state index contributed by atoms with van der Waals surface area (Å²) in [6.07, 6.45) is 0. The summed E-state index contributed by atoms with van der Waals surface area (Å²) in [7, 11) is -1.71. The highest BCUT2D eigenvalue weighted by Crippen LogP contribution is 2.46. The monoisotopic (exact) mass is 347 g/mol. The molecule has 25 heavy (non-hydrogen) atoms. The molecule has 0 atom stereocenters. The molecule has 0 unspecified atom stereocenters. The molecule has 1 nitrogen and oxygen atoms in total. The zero-order valence-electron chi connectivity index (χ0n) is 16.3. The van der Waals surface area contributed by atoms with Gasteiger partial charge in [0, 0.05) is 11.2 Å². The Hall–Kier alpha value is -2.06. The van der Waals surface area contributed by atoms with Gasteiger partial charge in [0.15, 0.2) is 8.24 Å². The Bertz CT molecular complexity index is 819. The first-order valence-electron chi connectivity index (χ1n) is 9.10. The van der Waals surface area contributed by atoms with Gasteiger partial charge in [0.25, 0.3) is 0 Å². The van der Waals surface area contributed by atoms with E-state index in [1.54, 1.807) is 11.1 Å². The lowest BCUT2D eigenvalue weighted by Crippen LogP contribution is -2.42. The van der Waals surface area contributed by atoms with E-state index in [2.05, 4.69) is 100 Å². The van der Waals surface area contributed by atoms with Crippen LogP contribution in [-0.4, -0.2) is 8.24 Å². The molecule has 3 rings (SSSR count). The summed E-state index contributed by atoms with van der Waals surface area (Å²) >= 11 is 0. The average Bonchev–Trinajstić information content (AvgIpc) is 2.79. The molecule has 2 heteroatoms. The van der Waals surface area contributed by atoms with Crippen molar-refractivity contribution in [3.63, 3.8) is 0 Å². The van der Waals surface area contributed by atoms with Crippen LogP contribution in [0.2, 0.25) is 18.6 Å². The number of nitrogens with one attached hydrogen (secondary N) is 1. The van der Waals surface area contributed by atoms with Crippen LogP contribution in [-0.2, 0) is 0 Å². The first-order chi connectivity index (χ1) is 11.8. The molecule has 1 N–H and O–H groups in total. The van der Waals surface area contributed by atoms with Crippen LogP contribution in [0.15, 0.2) is 76.9 Å². The van der Waals surface area contributed by atoms with Crippen molar-refractivity contribution >= 4 is 13.9 Å². The predicted octanol–water partition coefficient (Wildman–Crippen LogP) is 7.03. The number of benzene rings is 2. The quantitative estimate of drug-likeness (QED) is 0.585. The lowest BCUT2D eigenvalue weighted by atomic mass is 10.1. The van der Waals surface area contributed by atoms with Crippen molar-refractivity contribution < 1.29 is 0 Å². The van der Waals surface area contributed by atoms with Crippen molar-refractivity contribution in [2.45, 2.75) is 46.3 Å². The first-order valence-corrected chi connectivity index (χ1v) is 12.2. The van der Waals surface area contributed by atoms with Gasteiger partial charge in [-0.1, -0.05) is 66.7 Å². The molecule has 0 spiro atoms. The molecule has 2 aromatic carbocycles. The summed E-state index contributed by atoms with van der Waals surface area (Å²) in [6.45, 7) is 14.1. The van der Waals surface area contributed by atoms with Crippen LogP contribution in [0.3, 0.4) is 0 Å². The van der Waals surface area contributed by atoms with Gasteiger partial charge in [0.2, 0.25) is 0 Å². The van der Waals surface area contributed by atoms with Gasteiger partial charge in [-0.2, -0.15) is 0 Å². The minimum absolute atomic E-state index is 0.577. The second kappa shape index (κ2) is 6.68. The van der Waals surface area contributed by atoms with E-state index in [-0.39, 0.29) is 0 Å². The van der Waals surface area contributed by atoms with E-state index in [1.807, 2.05) is 0 Å². The van der Waals surface area contributed by atoms with Crippen LogP contribution in [0.5, 0.6) is 0 Å². The highest BCUT2D eigenvalue weighted by Gasteiger charge is 2.39. The van der Waals surface area contributed by atoms with Crippen LogP contribution in [0.25, 0.3) is 11.1 Å². The molecule has 0 fully saturated rings. The SMILES string of the molecule is CC1=C(C)C([Si](C)(C)Nc2cccc(-c3ccccc3)c2)C(C)=C1C. The number of allylic oxidation sites excluding steroid dienone is 4. The highest BCUT2D eigenvalue weighted by atomic mass is 28.3. The maximum Gasteiger partial charge on any atom is 0.158 e. The second-order valence-electron chi connectivity index (χ2n) is 7.84. The zero-order valence-corrected chi connectivity index (χ0v) is 17.3. The molecule has 0 bridgehead atoms. The van der Waals surface area contributed by atoms with Gasteiger partial charge in [0.05, 0.1) is 0 Å². The molecular weight excluding hydrogens is 318 g/mol. The molecular formula is C23H29NSi. The molecule has 0 aromatic heterocycles. The molecule has 130 valence electrons. The lowest BCUT2D eigenvalue weighted by molar-refractivity contribution is 1.07. The highest BCUT2D eigenvalue weighted by molar-refractivity contribution is 6.83. The standard InChI is InChI=1S/C23H29NSi/c1-16-17(2)19(4)23(18(16)3)25(5,6)24-22-14-10-13-21(15-22)20-11-8-7-9-12-20/h7-15,23-24H,1-6H3. The fraction of sp³-hybridized carbons (Fsp3) is 0.304. The molecule has 1 aliphatic carbocycles. The fourth-order valence-electron chi connectivity index (χ4n) is 4.28. The van der Waals surface area contributed by atoms with Gasteiger partial charge in [-0.15, -0.1) is 0 Å². The van der Waals surface area contributed by atoms with E-state index in [0.29, 0.717) is 5.54 Å². The van der Waals surface area contributed by atoms with Gasteiger partial charge in [0.1, 0.15) is 0 Å². The largest absolute Gasteiger partial charge is 0.410 e. The van der Waals surface area contributed by atoms with E-state index < -0.39 is 8.24 Å². The van der Waals surface area contributed by atoms with Crippen LogP contribution < -0.4 is 4.98 Å². The number of anilines is 1. The molecule has 0 saturated carbocycles. The number of rotatable bonds is 4. The van der Waals surface area contributed by atoms with Gasteiger partial charge >= 0.3 is 0 Å². The normalized spacial score (nSPS) is 15.9. The maximum atomic E-state index is 3.94. The summed E-state index contributed by atoms with van der Waals surface area (Å²) in [5.41, 5.74) is 10.4. The number of hydrogen-bond acceptors (Lipinski definition) is 1. The van der Waals surface area contributed by atoms with E-state index in [4.69, 9.17) is 0 Å². The van der Waals surface area contributed by atoms with Crippen molar-refractivity contribution in [3.05, 3.63) is 76.9 Å². The van der Waals surface area contributed by atoms with Gasteiger partial charge in [-0.25, -0.2) is 0 Å². The summed E-state index contributed by atoms with van der Waals surface area (Å²) < 4.78 is 0. The van der Waals surface area contributed by atoms with Gasteiger partial charge < -0.3 is 4.98 Å². The van der Waals surface area contributed by atoms with Crippen molar-refractivity contribution in [1.82, 2.24) is 0 Å². The van der Waals surface area contributed by atoms with E-state index in [9.17, 15) is 0 Å². The Morgan fingerprint density at radius 3 is 1.88 bits per heavy atom. The molecule has 0 heterocycles. The van der Waals surface area contributed by atoms with Gasteiger partial charge in [-0.05, 0) is 62.1 Å². The Kier molecular flexibility index (Phi) is 4.74. The van der Waals surface area contributed by atoms with Crippen LogP contribution in [0.4, 0.5) is 5.69 Å². The van der Waals surface area contributed by atoms with E-state index >= 15 is 0 Å². The Balaban J connectivity index is 1.90. The topological polar surface area (TPSA) is 12.0 Å². The van der Waals surface area contributed by atoms with Crippen molar-refractivity contribution in [3.8, 4) is 11.1 Å². The summed E-state index contributed by atoms with van der Waals surface area (Å²) in [5.74, 6) is 0.